The van der Waals surface area contributed by atoms with Crippen LogP contribution in [0.2, 0.25) is 5.02 Å². The Balaban J connectivity index is 2.32. The van der Waals surface area contributed by atoms with E-state index >= 15 is 0 Å². The van der Waals surface area contributed by atoms with E-state index in [4.69, 9.17) is 11.6 Å². The van der Waals surface area contributed by atoms with Crippen LogP contribution in [0.4, 0.5) is 0 Å². The minimum Gasteiger partial charge on any atom is -0.294 e. The molecule has 1 aromatic heterocycles. The fourth-order valence-electron chi connectivity index (χ4n) is 2.58. The Kier molecular flexibility index (Phi) is 4.24. The summed E-state index contributed by atoms with van der Waals surface area (Å²) in [4.78, 5) is 12.7. The molecule has 0 saturated carbocycles. The van der Waals surface area contributed by atoms with E-state index in [1.807, 2.05) is 0 Å². The minimum atomic E-state index is -3.80. The van der Waals surface area contributed by atoms with Crippen molar-refractivity contribution in [1.82, 2.24) is 3.97 Å². The van der Waals surface area contributed by atoms with Gasteiger partial charge in [0.2, 0.25) is 0 Å². The molecular formula is C18H16ClNO3S. The minimum absolute atomic E-state index is 0.121. The van der Waals surface area contributed by atoms with Gasteiger partial charge in [-0.3, -0.25) is 4.79 Å². The van der Waals surface area contributed by atoms with Gasteiger partial charge < -0.3 is 0 Å². The van der Waals surface area contributed by atoms with Crippen LogP contribution in [0, 0.1) is 5.92 Å². The molecule has 124 valence electrons. The summed E-state index contributed by atoms with van der Waals surface area (Å²) in [6, 6.07) is 13.0. The van der Waals surface area contributed by atoms with Gasteiger partial charge in [0.05, 0.1) is 10.4 Å². The molecule has 0 atom stereocenters. The van der Waals surface area contributed by atoms with Crippen LogP contribution in [-0.2, 0) is 10.0 Å². The van der Waals surface area contributed by atoms with Crippen molar-refractivity contribution in [3.8, 4) is 0 Å². The number of fused-ring (bicyclic) bond motifs is 1. The van der Waals surface area contributed by atoms with Gasteiger partial charge in [-0.25, -0.2) is 12.4 Å². The zero-order valence-corrected chi connectivity index (χ0v) is 14.8. The Bertz CT molecular complexity index is 1020. The van der Waals surface area contributed by atoms with Crippen LogP contribution in [0.1, 0.15) is 24.2 Å². The normalized spacial score (nSPS) is 12.0. The maximum absolute atomic E-state index is 13.0. The van der Waals surface area contributed by atoms with Crippen LogP contribution >= 0.6 is 11.6 Å². The Morgan fingerprint density at radius 3 is 2.38 bits per heavy atom. The number of aromatic nitrogens is 1. The summed E-state index contributed by atoms with van der Waals surface area (Å²) >= 11 is 6.05. The molecule has 0 bridgehead atoms. The van der Waals surface area contributed by atoms with Gasteiger partial charge in [-0.2, -0.15) is 0 Å². The third-order valence-corrected chi connectivity index (χ3v) is 5.75. The van der Waals surface area contributed by atoms with Gasteiger partial charge in [-0.05, 0) is 30.3 Å². The summed E-state index contributed by atoms with van der Waals surface area (Å²) in [5.74, 6) is -0.369. The number of hydrogen-bond acceptors (Lipinski definition) is 3. The fraction of sp³-hybridized carbons (Fsp3) is 0.167. The number of Topliss-reactive ketones (excluding diaryl/α,β-unsaturated/α-hetero) is 1. The quantitative estimate of drug-likeness (QED) is 0.648. The molecule has 6 heteroatoms. The van der Waals surface area contributed by atoms with Crippen molar-refractivity contribution in [3.63, 3.8) is 0 Å². The molecular weight excluding hydrogens is 346 g/mol. The van der Waals surface area contributed by atoms with Gasteiger partial charge in [0.25, 0.3) is 10.0 Å². The van der Waals surface area contributed by atoms with Crippen LogP contribution in [0.3, 0.4) is 0 Å². The molecule has 0 spiro atoms. The Morgan fingerprint density at radius 2 is 1.75 bits per heavy atom. The SMILES string of the molecule is CC(C)C(=O)c1cn(S(=O)(=O)c2ccccc2)c2ccc(Cl)cc12. The molecule has 0 saturated heterocycles. The van der Waals surface area contributed by atoms with Crippen LogP contribution in [-0.4, -0.2) is 18.2 Å². The number of carbonyl (C=O) groups is 1. The van der Waals surface area contributed by atoms with Crippen molar-refractivity contribution in [2.75, 3.05) is 0 Å². The van der Waals surface area contributed by atoms with Crippen LogP contribution in [0.15, 0.2) is 59.6 Å². The second kappa shape index (κ2) is 6.07. The van der Waals surface area contributed by atoms with Crippen LogP contribution < -0.4 is 0 Å². The molecule has 1 heterocycles. The monoisotopic (exact) mass is 361 g/mol. The number of carbonyl (C=O) groups excluding carboxylic acids is 1. The lowest BCUT2D eigenvalue weighted by Gasteiger charge is -2.07. The maximum Gasteiger partial charge on any atom is 0.268 e. The second-order valence-corrected chi connectivity index (χ2v) is 8.09. The summed E-state index contributed by atoms with van der Waals surface area (Å²) in [6.45, 7) is 3.56. The predicted octanol–water partition coefficient (Wildman–Crippen LogP) is 4.37. The molecule has 0 unspecified atom stereocenters. The highest BCUT2D eigenvalue weighted by Gasteiger charge is 2.24. The molecule has 0 amide bonds. The first-order valence-electron chi connectivity index (χ1n) is 7.48. The number of hydrogen-bond donors (Lipinski definition) is 0. The summed E-state index contributed by atoms with van der Waals surface area (Å²) in [7, 11) is -3.80. The summed E-state index contributed by atoms with van der Waals surface area (Å²) < 4.78 is 27.1. The molecule has 0 aliphatic rings. The van der Waals surface area contributed by atoms with Crippen molar-refractivity contribution in [2.24, 2.45) is 5.92 Å². The van der Waals surface area contributed by atoms with E-state index in [1.165, 1.54) is 18.3 Å². The molecule has 0 N–H and O–H groups in total. The summed E-state index contributed by atoms with van der Waals surface area (Å²) in [6.07, 6.45) is 1.39. The van der Waals surface area contributed by atoms with Crippen molar-refractivity contribution in [2.45, 2.75) is 18.7 Å². The van der Waals surface area contributed by atoms with E-state index in [0.717, 1.165) is 3.97 Å². The van der Waals surface area contributed by atoms with E-state index in [1.54, 1.807) is 50.2 Å². The molecule has 2 aromatic carbocycles. The number of ketones is 1. The van der Waals surface area contributed by atoms with E-state index in [2.05, 4.69) is 0 Å². The number of nitrogens with zero attached hydrogens (tertiary/aromatic N) is 1. The molecule has 24 heavy (non-hydrogen) atoms. The molecule has 4 nitrogen and oxygen atoms in total. The first kappa shape index (κ1) is 16.7. The zero-order valence-electron chi connectivity index (χ0n) is 13.2. The van der Waals surface area contributed by atoms with Crippen LogP contribution in [0.25, 0.3) is 10.9 Å². The Morgan fingerprint density at radius 1 is 1.08 bits per heavy atom. The van der Waals surface area contributed by atoms with Gasteiger partial charge in [-0.15, -0.1) is 0 Å². The number of rotatable bonds is 4. The molecule has 3 aromatic rings. The van der Waals surface area contributed by atoms with E-state index in [-0.39, 0.29) is 16.6 Å². The first-order valence-corrected chi connectivity index (χ1v) is 9.29. The van der Waals surface area contributed by atoms with Gasteiger partial charge in [0, 0.05) is 28.1 Å². The highest BCUT2D eigenvalue weighted by molar-refractivity contribution is 7.90. The summed E-state index contributed by atoms with van der Waals surface area (Å²) in [5.41, 5.74) is 0.800. The zero-order chi connectivity index (χ0) is 17.5. The van der Waals surface area contributed by atoms with Gasteiger partial charge in [-0.1, -0.05) is 43.6 Å². The third-order valence-electron chi connectivity index (χ3n) is 3.82. The van der Waals surface area contributed by atoms with Gasteiger partial charge in [0.1, 0.15) is 0 Å². The van der Waals surface area contributed by atoms with Crippen molar-refractivity contribution in [3.05, 3.63) is 65.3 Å². The average Bonchev–Trinajstić information content (AvgIpc) is 2.94. The lowest BCUT2D eigenvalue weighted by atomic mass is 10.0. The van der Waals surface area contributed by atoms with E-state index in [9.17, 15) is 13.2 Å². The third kappa shape index (κ3) is 2.74. The molecule has 0 aliphatic carbocycles. The van der Waals surface area contributed by atoms with Gasteiger partial charge >= 0.3 is 0 Å². The molecule has 0 radical (unpaired) electrons. The number of benzene rings is 2. The Labute approximate surface area is 145 Å². The standard InChI is InChI=1S/C18H16ClNO3S/c1-12(2)18(21)16-11-20(17-9-8-13(19)10-15(16)17)24(22,23)14-6-4-3-5-7-14/h3-12H,1-2H3. The topological polar surface area (TPSA) is 56.1 Å². The largest absolute Gasteiger partial charge is 0.294 e. The lowest BCUT2D eigenvalue weighted by Crippen LogP contribution is -2.12. The number of halogens is 1. The van der Waals surface area contributed by atoms with Crippen LogP contribution in [0.5, 0.6) is 0 Å². The maximum atomic E-state index is 13.0. The lowest BCUT2D eigenvalue weighted by molar-refractivity contribution is 0.0941. The smallest absolute Gasteiger partial charge is 0.268 e. The predicted molar refractivity (Wildman–Crippen MR) is 95.1 cm³/mol. The Hall–Kier alpha value is -2.11. The van der Waals surface area contributed by atoms with Gasteiger partial charge in [0.15, 0.2) is 5.78 Å². The highest BCUT2D eigenvalue weighted by Crippen LogP contribution is 2.29. The van der Waals surface area contributed by atoms with E-state index in [0.29, 0.717) is 21.5 Å². The van der Waals surface area contributed by atoms with Crippen molar-refractivity contribution < 1.29 is 13.2 Å². The molecule has 0 fully saturated rings. The first-order chi connectivity index (χ1) is 11.3. The molecule has 3 rings (SSSR count). The molecule has 0 aliphatic heterocycles. The average molecular weight is 362 g/mol. The highest BCUT2D eigenvalue weighted by atomic mass is 35.5. The van der Waals surface area contributed by atoms with Crippen molar-refractivity contribution in [1.29, 1.82) is 0 Å². The van der Waals surface area contributed by atoms with Crippen molar-refractivity contribution >= 4 is 38.3 Å². The fourth-order valence-corrected chi connectivity index (χ4v) is 4.15. The summed E-state index contributed by atoms with van der Waals surface area (Å²) in [5, 5.41) is 0.996. The van der Waals surface area contributed by atoms with E-state index < -0.39 is 10.0 Å². The second-order valence-electron chi connectivity index (χ2n) is 5.84.